The van der Waals surface area contributed by atoms with Gasteiger partial charge in [-0.1, -0.05) is 42.4 Å². The summed E-state index contributed by atoms with van der Waals surface area (Å²) in [6, 6.07) is 10.1. The zero-order chi connectivity index (χ0) is 25.0. The monoisotopic (exact) mass is 462 g/mol. The van der Waals surface area contributed by atoms with E-state index in [-0.39, 0.29) is 29.8 Å². The number of nitrogens with zero attached hydrogens (tertiary/aromatic N) is 1. The zero-order valence-electron chi connectivity index (χ0n) is 20.9. The molecule has 0 fully saturated rings. The molecule has 3 rings (SSSR count). The molecule has 2 aromatic rings. The molecule has 0 aliphatic heterocycles. The number of aliphatic hydroxyl groups is 1. The second-order valence-electron chi connectivity index (χ2n) is 8.81. The average Bonchev–Trinajstić information content (AvgIpc) is 2.78. The maximum absolute atomic E-state index is 13.2. The third-order valence-electron chi connectivity index (χ3n) is 6.31. The van der Waals surface area contributed by atoms with Gasteiger partial charge in [-0.15, -0.1) is 0 Å². The van der Waals surface area contributed by atoms with E-state index in [1.54, 1.807) is 0 Å². The summed E-state index contributed by atoms with van der Waals surface area (Å²) in [5.74, 6) is -0.343. The number of benzene rings is 2. The number of rotatable bonds is 7. The maximum Gasteiger partial charge on any atom is 0.221 e. The molecule has 0 heterocycles. The van der Waals surface area contributed by atoms with Crippen LogP contribution in [0.15, 0.2) is 46.8 Å². The topological polar surface area (TPSA) is 88.0 Å². The molecule has 2 N–H and O–H groups in total. The third-order valence-corrected chi connectivity index (χ3v) is 6.31. The van der Waals surface area contributed by atoms with Crippen LogP contribution in [-0.4, -0.2) is 29.1 Å². The number of Topliss-reactive ketones (excluding diaryl/α,β-unsaturated/α-hetero) is 1. The Morgan fingerprint density at radius 2 is 1.85 bits per heavy atom. The first-order valence-electron chi connectivity index (χ1n) is 11.8. The second-order valence-corrected chi connectivity index (χ2v) is 8.81. The fourth-order valence-electron chi connectivity index (χ4n) is 4.92. The Balaban J connectivity index is 2.09. The summed E-state index contributed by atoms with van der Waals surface area (Å²) in [6.07, 6.45) is 1.13. The van der Waals surface area contributed by atoms with E-state index in [9.17, 15) is 14.7 Å². The first-order valence-corrected chi connectivity index (χ1v) is 11.8. The van der Waals surface area contributed by atoms with Crippen molar-refractivity contribution >= 4 is 23.1 Å². The van der Waals surface area contributed by atoms with Crippen LogP contribution in [0.5, 0.6) is 0 Å². The van der Waals surface area contributed by atoms with E-state index in [0.29, 0.717) is 30.7 Å². The van der Waals surface area contributed by atoms with Gasteiger partial charge in [-0.05, 0) is 73.4 Å². The first-order chi connectivity index (χ1) is 16.2. The standard InChI is InChI=1S/C28H34N2O4/c1-7-23(30-34-8-2)27-24(32)14-20(15-25(27)33)21-11-9-10-12-22(21)26-16(3)13-17(4)28(18(26)5)29-19(6)31/h9-13,20,32H,7-8,14-15H2,1-6H3,(H,29,31). The Hall–Kier alpha value is -3.41. The number of aliphatic hydroxyl groups excluding tert-OH is 1. The zero-order valence-corrected chi connectivity index (χ0v) is 20.9. The minimum Gasteiger partial charge on any atom is -0.511 e. The van der Waals surface area contributed by atoms with Crippen molar-refractivity contribution in [3.05, 3.63) is 63.9 Å². The maximum atomic E-state index is 13.2. The fraction of sp³-hybridized carbons (Fsp3) is 0.393. The molecule has 0 radical (unpaired) electrons. The van der Waals surface area contributed by atoms with Crippen LogP contribution >= 0.6 is 0 Å². The number of carbonyl (C=O) groups is 2. The Bertz CT molecular complexity index is 1180. The minimum absolute atomic E-state index is 0.0626. The van der Waals surface area contributed by atoms with Gasteiger partial charge >= 0.3 is 0 Å². The van der Waals surface area contributed by atoms with E-state index in [1.165, 1.54) is 6.92 Å². The highest BCUT2D eigenvalue weighted by Crippen LogP contribution is 2.42. The Morgan fingerprint density at radius 1 is 1.15 bits per heavy atom. The van der Waals surface area contributed by atoms with Crippen molar-refractivity contribution in [2.45, 2.75) is 66.7 Å². The lowest BCUT2D eigenvalue weighted by Gasteiger charge is -2.27. The van der Waals surface area contributed by atoms with Crippen molar-refractivity contribution in [1.82, 2.24) is 0 Å². The van der Waals surface area contributed by atoms with Gasteiger partial charge in [0, 0.05) is 25.5 Å². The molecule has 1 aliphatic rings. The largest absolute Gasteiger partial charge is 0.511 e. The summed E-state index contributed by atoms with van der Waals surface area (Å²) < 4.78 is 0. The Labute approximate surface area is 201 Å². The highest BCUT2D eigenvalue weighted by molar-refractivity contribution is 6.23. The number of hydrogen-bond acceptors (Lipinski definition) is 5. The van der Waals surface area contributed by atoms with Crippen LogP contribution in [0.3, 0.4) is 0 Å². The minimum atomic E-state index is -0.165. The van der Waals surface area contributed by atoms with Crippen LogP contribution in [-0.2, 0) is 14.4 Å². The molecular weight excluding hydrogens is 428 g/mol. The van der Waals surface area contributed by atoms with Crippen molar-refractivity contribution in [2.24, 2.45) is 5.16 Å². The Kier molecular flexibility index (Phi) is 7.92. The molecule has 180 valence electrons. The first kappa shape index (κ1) is 25.2. The van der Waals surface area contributed by atoms with E-state index >= 15 is 0 Å². The van der Waals surface area contributed by atoms with Crippen molar-refractivity contribution in [2.75, 3.05) is 11.9 Å². The summed E-state index contributed by atoms with van der Waals surface area (Å²) in [4.78, 5) is 30.1. The van der Waals surface area contributed by atoms with Gasteiger partial charge in [0.1, 0.15) is 12.4 Å². The van der Waals surface area contributed by atoms with Crippen molar-refractivity contribution in [3.63, 3.8) is 0 Å². The number of allylic oxidation sites excluding steroid dienone is 2. The smallest absolute Gasteiger partial charge is 0.221 e. The number of anilines is 1. The highest BCUT2D eigenvalue weighted by atomic mass is 16.6. The van der Waals surface area contributed by atoms with Gasteiger partial charge in [-0.2, -0.15) is 0 Å². The molecule has 1 atom stereocenters. The van der Waals surface area contributed by atoms with Gasteiger partial charge < -0.3 is 15.3 Å². The van der Waals surface area contributed by atoms with E-state index in [1.807, 2.05) is 52.0 Å². The summed E-state index contributed by atoms with van der Waals surface area (Å²) in [6.45, 7) is 11.7. The average molecular weight is 463 g/mol. The van der Waals surface area contributed by atoms with Crippen LogP contribution in [0.1, 0.15) is 68.2 Å². The number of oxime groups is 1. The highest BCUT2D eigenvalue weighted by Gasteiger charge is 2.32. The van der Waals surface area contributed by atoms with Gasteiger partial charge in [0.25, 0.3) is 0 Å². The quantitative estimate of drug-likeness (QED) is 0.373. The van der Waals surface area contributed by atoms with Crippen molar-refractivity contribution < 1.29 is 19.5 Å². The molecule has 0 bridgehead atoms. The molecule has 0 saturated carbocycles. The summed E-state index contributed by atoms with van der Waals surface area (Å²) in [5, 5.41) is 17.9. The molecule has 1 unspecified atom stereocenters. The molecule has 1 amide bonds. The van der Waals surface area contributed by atoms with Gasteiger partial charge in [0.15, 0.2) is 5.78 Å². The van der Waals surface area contributed by atoms with Crippen molar-refractivity contribution in [3.8, 4) is 11.1 Å². The van der Waals surface area contributed by atoms with Crippen LogP contribution in [0.25, 0.3) is 11.1 Å². The van der Waals surface area contributed by atoms with Gasteiger partial charge in [-0.25, -0.2) is 0 Å². The number of ketones is 1. The number of nitrogens with one attached hydrogen (secondary N) is 1. The van der Waals surface area contributed by atoms with Gasteiger partial charge in [0.2, 0.25) is 5.91 Å². The Morgan fingerprint density at radius 3 is 2.47 bits per heavy atom. The molecule has 0 spiro atoms. The van der Waals surface area contributed by atoms with E-state index in [4.69, 9.17) is 4.84 Å². The summed E-state index contributed by atoms with van der Waals surface area (Å²) >= 11 is 0. The predicted octanol–water partition coefficient (Wildman–Crippen LogP) is 6.30. The molecule has 34 heavy (non-hydrogen) atoms. The van der Waals surface area contributed by atoms with E-state index < -0.39 is 0 Å². The third kappa shape index (κ3) is 5.06. The second kappa shape index (κ2) is 10.7. The molecule has 6 heteroatoms. The van der Waals surface area contributed by atoms with Crippen LogP contribution in [0.4, 0.5) is 5.69 Å². The molecular formula is C28H34N2O4. The fourth-order valence-corrected chi connectivity index (χ4v) is 4.92. The van der Waals surface area contributed by atoms with Crippen LogP contribution in [0, 0.1) is 20.8 Å². The van der Waals surface area contributed by atoms with Crippen LogP contribution < -0.4 is 5.32 Å². The van der Waals surface area contributed by atoms with E-state index in [0.717, 1.165) is 39.1 Å². The molecule has 0 saturated heterocycles. The van der Waals surface area contributed by atoms with Gasteiger partial charge in [-0.3, -0.25) is 9.59 Å². The van der Waals surface area contributed by atoms with Crippen molar-refractivity contribution in [1.29, 1.82) is 0 Å². The van der Waals surface area contributed by atoms with Crippen LogP contribution in [0.2, 0.25) is 0 Å². The SMILES string of the molecule is CCON=C(CC)C1=C(O)CC(c2ccccc2-c2c(C)cc(C)c(NC(C)=O)c2C)CC1=O. The normalized spacial score (nSPS) is 16.6. The summed E-state index contributed by atoms with van der Waals surface area (Å²) in [7, 11) is 0. The molecule has 1 aliphatic carbocycles. The summed E-state index contributed by atoms with van der Waals surface area (Å²) in [5.41, 5.74) is 7.73. The lowest BCUT2D eigenvalue weighted by atomic mass is 9.77. The predicted molar refractivity (Wildman–Crippen MR) is 136 cm³/mol. The van der Waals surface area contributed by atoms with E-state index in [2.05, 4.69) is 23.5 Å². The molecule has 6 nitrogen and oxygen atoms in total. The molecule has 2 aromatic carbocycles. The number of hydrogen-bond donors (Lipinski definition) is 2. The lowest BCUT2D eigenvalue weighted by Crippen LogP contribution is -2.24. The number of amides is 1. The van der Waals surface area contributed by atoms with Gasteiger partial charge in [0.05, 0.1) is 11.3 Å². The molecule has 0 aromatic heterocycles. The number of carbonyl (C=O) groups excluding carboxylic acids is 2. The number of aryl methyl sites for hydroxylation is 2. The lowest BCUT2D eigenvalue weighted by molar-refractivity contribution is -0.116.